The lowest BCUT2D eigenvalue weighted by molar-refractivity contribution is 0.626. The summed E-state index contributed by atoms with van der Waals surface area (Å²) in [5, 5.41) is 7.31. The largest absolute Gasteiger partial charge is 0.381 e. The second-order valence-electron chi connectivity index (χ2n) is 4.81. The maximum absolute atomic E-state index is 11.9. The zero-order chi connectivity index (χ0) is 13.8. The van der Waals surface area contributed by atoms with E-state index >= 15 is 0 Å². The molecule has 0 bridgehead atoms. The van der Waals surface area contributed by atoms with E-state index in [4.69, 9.17) is 0 Å². The lowest BCUT2D eigenvalue weighted by Gasteiger charge is -2.10. The summed E-state index contributed by atoms with van der Waals surface area (Å²) in [6, 6.07) is 7.58. The Morgan fingerprint density at radius 2 is 2.16 bits per heavy atom. The minimum atomic E-state index is -0.131. The Kier molecular flexibility index (Phi) is 3.94. The summed E-state index contributed by atoms with van der Waals surface area (Å²) < 4.78 is 1.41. The molecule has 0 spiro atoms. The third-order valence-electron chi connectivity index (χ3n) is 2.58. The molecule has 5 heteroatoms. The van der Waals surface area contributed by atoms with Gasteiger partial charge in [-0.3, -0.25) is 9.78 Å². The predicted octanol–water partition coefficient (Wildman–Crippen LogP) is 1.82. The average Bonchev–Trinajstić information content (AvgIpc) is 2.32. The molecule has 1 N–H and O–H groups in total. The first-order chi connectivity index (χ1) is 9.04. The summed E-state index contributed by atoms with van der Waals surface area (Å²) >= 11 is 0. The van der Waals surface area contributed by atoms with Gasteiger partial charge in [0, 0.05) is 17.8 Å². The van der Waals surface area contributed by atoms with Gasteiger partial charge in [-0.1, -0.05) is 6.07 Å². The molecule has 0 aromatic carbocycles. The Hall–Kier alpha value is -2.17. The smallest absolute Gasteiger partial charge is 0.269 e. The fourth-order valence-corrected chi connectivity index (χ4v) is 1.81. The molecule has 0 atom stereocenters. The highest BCUT2D eigenvalue weighted by molar-refractivity contribution is 5.39. The molecule has 0 saturated heterocycles. The molecule has 0 amide bonds. The molecule has 0 aliphatic carbocycles. The number of pyridine rings is 1. The molecule has 100 valence electrons. The number of hydrogen-bond acceptors (Lipinski definition) is 4. The molecule has 0 unspecified atom stereocenters. The van der Waals surface area contributed by atoms with Gasteiger partial charge in [-0.2, -0.15) is 5.10 Å². The molecule has 0 saturated carbocycles. The lowest BCUT2D eigenvalue weighted by Crippen LogP contribution is -2.24. The van der Waals surface area contributed by atoms with Gasteiger partial charge >= 0.3 is 0 Å². The van der Waals surface area contributed by atoms with Crippen LogP contribution in [-0.2, 0) is 6.54 Å². The minimum Gasteiger partial charge on any atom is -0.381 e. The van der Waals surface area contributed by atoms with Crippen LogP contribution in [0.25, 0.3) is 0 Å². The van der Waals surface area contributed by atoms with Crippen molar-refractivity contribution in [1.82, 2.24) is 14.8 Å². The van der Waals surface area contributed by atoms with Crippen LogP contribution in [-0.4, -0.2) is 20.8 Å². The monoisotopic (exact) mass is 258 g/mol. The maximum Gasteiger partial charge on any atom is 0.269 e. The normalized spacial score (nSPS) is 10.7. The van der Waals surface area contributed by atoms with Crippen LogP contribution in [0, 0.1) is 6.92 Å². The standard InChI is InChI=1S/C14H18N4O/c1-10(2)16-13-7-14(19)18(15-8-13)9-12-6-4-5-11(3)17-12/h4-8,10,16H,9H2,1-3H3. The second kappa shape index (κ2) is 5.65. The number of nitrogens with zero attached hydrogens (tertiary/aromatic N) is 3. The van der Waals surface area contributed by atoms with E-state index in [0.29, 0.717) is 6.54 Å². The Balaban J connectivity index is 2.20. The highest BCUT2D eigenvalue weighted by Crippen LogP contribution is 2.03. The van der Waals surface area contributed by atoms with Gasteiger partial charge < -0.3 is 5.32 Å². The first kappa shape index (κ1) is 13.3. The third-order valence-corrected chi connectivity index (χ3v) is 2.58. The zero-order valence-corrected chi connectivity index (χ0v) is 11.4. The topological polar surface area (TPSA) is 59.8 Å². The Morgan fingerprint density at radius 3 is 2.79 bits per heavy atom. The van der Waals surface area contributed by atoms with Crippen LogP contribution >= 0.6 is 0 Å². The van der Waals surface area contributed by atoms with Crippen molar-refractivity contribution in [1.29, 1.82) is 0 Å². The van der Waals surface area contributed by atoms with Crippen LogP contribution in [0.2, 0.25) is 0 Å². The van der Waals surface area contributed by atoms with Gasteiger partial charge in [-0.25, -0.2) is 4.68 Å². The molecule has 5 nitrogen and oxygen atoms in total. The third kappa shape index (κ3) is 3.64. The molecule has 2 aromatic rings. The van der Waals surface area contributed by atoms with Crippen molar-refractivity contribution >= 4 is 5.69 Å². The van der Waals surface area contributed by atoms with Crippen molar-refractivity contribution < 1.29 is 0 Å². The average molecular weight is 258 g/mol. The first-order valence-electron chi connectivity index (χ1n) is 6.31. The Morgan fingerprint density at radius 1 is 1.37 bits per heavy atom. The molecule has 2 rings (SSSR count). The number of aryl methyl sites for hydroxylation is 1. The van der Waals surface area contributed by atoms with E-state index in [9.17, 15) is 4.79 Å². The summed E-state index contributed by atoms with van der Waals surface area (Å²) in [6.07, 6.45) is 1.66. The molecule has 0 aliphatic rings. The quantitative estimate of drug-likeness (QED) is 0.908. The van der Waals surface area contributed by atoms with Gasteiger partial charge in [-0.15, -0.1) is 0 Å². The number of nitrogens with one attached hydrogen (secondary N) is 1. The number of rotatable bonds is 4. The second-order valence-corrected chi connectivity index (χ2v) is 4.81. The Bertz CT molecular complexity index is 619. The summed E-state index contributed by atoms with van der Waals surface area (Å²) in [7, 11) is 0. The number of hydrogen-bond donors (Lipinski definition) is 1. The molecule has 2 aromatic heterocycles. The maximum atomic E-state index is 11.9. The van der Waals surface area contributed by atoms with E-state index < -0.39 is 0 Å². The van der Waals surface area contributed by atoms with Crippen LogP contribution in [0.1, 0.15) is 25.2 Å². The van der Waals surface area contributed by atoms with Gasteiger partial charge in [0.05, 0.1) is 24.1 Å². The van der Waals surface area contributed by atoms with Crippen molar-refractivity contribution in [2.75, 3.05) is 5.32 Å². The lowest BCUT2D eigenvalue weighted by atomic mass is 10.3. The predicted molar refractivity (Wildman–Crippen MR) is 75.3 cm³/mol. The summed E-state index contributed by atoms with van der Waals surface area (Å²) in [5.41, 5.74) is 2.38. The SMILES string of the molecule is Cc1cccc(Cn2ncc(NC(C)C)cc2=O)n1. The zero-order valence-electron chi connectivity index (χ0n) is 11.4. The van der Waals surface area contributed by atoms with Crippen LogP contribution in [0.3, 0.4) is 0 Å². The van der Waals surface area contributed by atoms with Crippen molar-refractivity contribution in [3.05, 3.63) is 52.2 Å². The van der Waals surface area contributed by atoms with Gasteiger partial charge in [0.15, 0.2) is 0 Å². The van der Waals surface area contributed by atoms with E-state index in [-0.39, 0.29) is 11.6 Å². The summed E-state index contributed by atoms with van der Waals surface area (Å²) in [5.74, 6) is 0. The van der Waals surface area contributed by atoms with Gasteiger partial charge in [0.25, 0.3) is 5.56 Å². The first-order valence-corrected chi connectivity index (χ1v) is 6.31. The number of aromatic nitrogens is 3. The molecular formula is C14H18N4O. The highest BCUT2D eigenvalue weighted by Gasteiger charge is 2.03. The molecular weight excluding hydrogens is 240 g/mol. The van der Waals surface area contributed by atoms with E-state index in [1.165, 1.54) is 4.68 Å². The van der Waals surface area contributed by atoms with Crippen molar-refractivity contribution in [2.45, 2.75) is 33.4 Å². The highest BCUT2D eigenvalue weighted by atomic mass is 16.1. The van der Waals surface area contributed by atoms with Crippen molar-refractivity contribution in [3.8, 4) is 0 Å². The minimum absolute atomic E-state index is 0.131. The Labute approximate surface area is 112 Å². The molecule has 0 radical (unpaired) electrons. The summed E-state index contributed by atoms with van der Waals surface area (Å²) in [6.45, 7) is 6.35. The van der Waals surface area contributed by atoms with E-state index in [2.05, 4.69) is 15.4 Å². The van der Waals surface area contributed by atoms with Crippen LogP contribution in [0.15, 0.2) is 35.3 Å². The van der Waals surface area contributed by atoms with Gasteiger partial charge in [0.2, 0.25) is 0 Å². The van der Waals surface area contributed by atoms with E-state index in [0.717, 1.165) is 17.1 Å². The molecule has 2 heterocycles. The number of anilines is 1. The summed E-state index contributed by atoms with van der Waals surface area (Å²) in [4.78, 5) is 16.3. The fraction of sp³-hybridized carbons (Fsp3) is 0.357. The molecule has 0 fully saturated rings. The van der Waals surface area contributed by atoms with Crippen molar-refractivity contribution in [3.63, 3.8) is 0 Å². The van der Waals surface area contributed by atoms with Crippen LogP contribution < -0.4 is 10.9 Å². The van der Waals surface area contributed by atoms with Gasteiger partial charge in [0.1, 0.15) is 0 Å². The van der Waals surface area contributed by atoms with Crippen LogP contribution in [0.5, 0.6) is 0 Å². The van der Waals surface area contributed by atoms with E-state index in [1.807, 2.05) is 39.0 Å². The fourth-order valence-electron chi connectivity index (χ4n) is 1.81. The van der Waals surface area contributed by atoms with Gasteiger partial charge in [-0.05, 0) is 32.9 Å². The molecule has 0 aliphatic heterocycles. The van der Waals surface area contributed by atoms with Crippen LogP contribution in [0.4, 0.5) is 5.69 Å². The van der Waals surface area contributed by atoms with E-state index in [1.54, 1.807) is 12.3 Å². The molecule has 19 heavy (non-hydrogen) atoms. The van der Waals surface area contributed by atoms with Crippen molar-refractivity contribution in [2.24, 2.45) is 0 Å².